The number of nitrogens with zero attached hydrogens (tertiary/aromatic N) is 2. The molecule has 0 aliphatic heterocycles. The number of sulfonamides is 1. The van der Waals surface area contributed by atoms with Gasteiger partial charge in [-0.1, -0.05) is 78.5 Å². The molecule has 0 bridgehead atoms. The van der Waals surface area contributed by atoms with Gasteiger partial charge < -0.3 is 10.2 Å². The average Bonchev–Trinajstić information content (AvgIpc) is 2.92. The second-order valence-corrected chi connectivity index (χ2v) is 13.4. The lowest BCUT2D eigenvalue weighted by atomic mass is 10.1. The molecule has 0 spiro atoms. The minimum atomic E-state index is -4.19. The van der Waals surface area contributed by atoms with Gasteiger partial charge in [0.1, 0.15) is 12.6 Å². The van der Waals surface area contributed by atoms with E-state index in [1.165, 1.54) is 23.1 Å². The van der Waals surface area contributed by atoms with Gasteiger partial charge in [-0.3, -0.25) is 13.9 Å². The van der Waals surface area contributed by atoms with Gasteiger partial charge in [0.05, 0.1) is 20.6 Å². The Morgan fingerprint density at radius 1 is 0.854 bits per heavy atom. The number of benzene rings is 3. The Morgan fingerprint density at radius 2 is 1.51 bits per heavy atom. The first-order chi connectivity index (χ1) is 19.2. The third kappa shape index (κ3) is 8.38. The Hall–Kier alpha value is -2.78. The fourth-order valence-electron chi connectivity index (χ4n) is 3.97. The SMILES string of the molecule is Cc1ccc(S(=O)(=O)N(CC(=O)N(Cc2ccc(Cl)c(Cl)c2)[C@H](C)C(=O)NCC(C)C)c2ccc(C)c(Cl)c2)cc1. The first-order valence-electron chi connectivity index (χ1n) is 13.1. The maximum Gasteiger partial charge on any atom is 0.264 e. The number of aryl methyl sites for hydroxylation is 2. The summed E-state index contributed by atoms with van der Waals surface area (Å²) in [7, 11) is -4.19. The molecule has 0 unspecified atom stereocenters. The third-order valence-electron chi connectivity index (χ3n) is 6.52. The Balaban J connectivity index is 2.05. The largest absolute Gasteiger partial charge is 0.354 e. The summed E-state index contributed by atoms with van der Waals surface area (Å²) < 4.78 is 28.9. The number of carbonyl (C=O) groups excluding carboxylic acids is 2. The summed E-state index contributed by atoms with van der Waals surface area (Å²) in [6.45, 7) is 9.03. The van der Waals surface area contributed by atoms with E-state index in [2.05, 4.69) is 5.32 Å². The van der Waals surface area contributed by atoms with Crippen LogP contribution < -0.4 is 9.62 Å². The lowest BCUT2D eigenvalue weighted by Crippen LogP contribution is -2.51. The van der Waals surface area contributed by atoms with Gasteiger partial charge >= 0.3 is 0 Å². The highest BCUT2D eigenvalue weighted by Gasteiger charge is 2.33. The van der Waals surface area contributed by atoms with Crippen molar-refractivity contribution < 1.29 is 18.0 Å². The summed E-state index contributed by atoms with van der Waals surface area (Å²) in [5.74, 6) is -0.749. The number of hydrogen-bond donors (Lipinski definition) is 1. The van der Waals surface area contributed by atoms with Gasteiger partial charge in [0.2, 0.25) is 11.8 Å². The molecule has 0 radical (unpaired) electrons. The van der Waals surface area contributed by atoms with E-state index >= 15 is 0 Å². The number of carbonyl (C=O) groups is 2. The van der Waals surface area contributed by atoms with E-state index < -0.39 is 28.5 Å². The second-order valence-electron chi connectivity index (χ2n) is 10.3. The van der Waals surface area contributed by atoms with Crippen LogP contribution in [-0.4, -0.2) is 44.3 Å². The predicted molar refractivity (Wildman–Crippen MR) is 166 cm³/mol. The fourth-order valence-corrected chi connectivity index (χ4v) is 5.87. The van der Waals surface area contributed by atoms with E-state index in [-0.39, 0.29) is 29.0 Å². The highest BCUT2D eigenvalue weighted by atomic mass is 35.5. The summed E-state index contributed by atoms with van der Waals surface area (Å²) in [6.07, 6.45) is 0. The van der Waals surface area contributed by atoms with Crippen LogP contribution in [0.5, 0.6) is 0 Å². The zero-order chi connectivity index (χ0) is 30.5. The topological polar surface area (TPSA) is 86.8 Å². The highest BCUT2D eigenvalue weighted by Crippen LogP contribution is 2.29. The number of anilines is 1. The van der Waals surface area contributed by atoms with Crippen molar-refractivity contribution in [2.24, 2.45) is 5.92 Å². The van der Waals surface area contributed by atoms with Gasteiger partial charge in [0.15, 0.2) is 0 Å². The molecule has 3 rings (SSSR count). The van der Waals surface area contributed by atoms with Crippen molar-refractivity contribution in [2.75, 3.05) is 17.4 Å². The zero-order valence-corrected chi connectivity index (χ0v) is 26.7. The lowest BCUT2D eigenvalue weighted by Gasteiger charge is -2.32. The molecule has 41 heavy (non-hydrogen) atoms. The van der Waals surface area contributed by atoms with Crippen molar-refractivity contribution in [3.8, 4) is 0 Å². The summed E-state index contributed by atoms with van der Waals surface area (Å²) in [5.41, 5.74) is 2.49. The van der Waals surface area contributed by atoms with E-state index in [0.717, 1.165) is 15.4 Å². The minimum absolute atomic E-state index is 0.000932. The van der Waals surface area contributed by atoms with Crippen LogP contribution in [0.1, 0.15) is 37.5 Å². The maximum atomic E-state index is 14.0. The molecule has 3 aromatic carbocycles. The lowest BCUT2D eigenvalue weighted by molar-refractivity contribution is -0.139. The molecule has 0 fully saturated rings. The van der Waals surface area contributed by atoms with Gasteiger partial charge in [-0.2, -0.15) is 0 Å². The molecule has 0 aliphatic carbocycles. The normalized spacial score (nSPS) is 12.2. The van der Waals surface area contributed by atoms with Gasteiger partial charge in [-0.15, -0.1) is 0 Å². The van der Waals surface area contributed by atoms with Crippen molar-refractivity contribution in [3.05, 3.63) is 92.4 Å². The zero-order valence-electron chi connectivity index (χ0n) is 23.6. The molecular weight excluding hydrogens is 605 g/mol. The van der Waals surface area contributed by atoms with Gasteiger partial charge in [0, 0.05) is 18.1 Å². The molecule has 220 valence electrons. The minimum Gasteiger partial charge on any atom is -0.354 e. The Bertz CT molecular complexity index is 1510. The van der Waals surface area contributed by atoms with E-state index in [1.54, 1.807) is 56.3 Å². The van der Waals surface area contributed by atoms with E-state index in [1.807, 2.05) is 20.8 Å². The van der Waals surface area contributed by atoms with Gasteiger partial charge in [-0.25, -0.2) is 8.42 Å². The molecular formula is C30H34Cl3N3O4S. The molecule has 0 heterocycles. The monoisotopic (exact) mass is 637 g/mol. The summed E-state index contributed by atoms with van der Waals surface area (Å²) in [5, 5.41) is 3.86. The standard InChI is InChI=1S/C30H34Cl3N3O4S/c1-19(2)16-34-30(38)22(5)35(17-23-9-13-26(31)28(33)14-23)29(37)18-36(24-10-8-21(4)27(32)15-24)41(39,40)25-11-6-20(3)7-12-25/h6-15,19,22H,16-18H2,1-5H3,(H,34,38)/t22-/m1/s1. The van der Waals surface area contributed by atoms with Crippen LogP contribution in [0.3, 0.4) is 0 Å². The van der Waals surface area contributed by atoms with Crippen LogP contribution in [0, 0.1) is 19.8 Å². The van der Waals surface area contributed by atoms with Crippen LogP contribution in [0.15, 0.2) is 65.6 Å². The molecule has 1 N–H and O–H groups in total. The molecule has 0 saturated heterocycles. The quantitative estimate of drug-likeness (QED) is 0.255. The van der Waals surface area contributed by atoms with Crippen LogP contribution >= 0.6 is 34.8 Å². The molecule has 11 heteroatoms. The molecule has 0 saturated carbocycles. The van der Waals surface area contributed by atoms with Crippen molar-refractivity contribution in [1.82, 2.24) is 10.2 Å². The Labute approximate surface area is 257 Å². The van der Waals surface area contributed by atoms with Gasteiger partial charge in [0.25, 0.3) is 10.0 Å². The molecule has 0 aromatic heterocycles. The smallest absolute Gasteiger partial charge is 0.264 e. The first-order valence-corrected chi connectivity index (χ1v) is 15.6. The predicted octanol–water partition coefficient (Wildman–Crippen LogP) is 6.65. The average molecular weight is 639 g/mol. The summed E-state index contributed by atoms with van der Waals surface area (Å²) in [4.78, 5) is 28.4. The van der Waals surface area contributed by atoms with Crippen LogP contribution in [0.4, 0.5) is 5.69 Å². The fraction of sp³-hybridized carbons (Fsp3) is 0.333. The van der Waals surface area contributed by atoms with E-state index in [9.17, 15) is 18.0 Å². The Morgan fingerprint density at radius 3 is 2.10 bits per heavy atom. The van der Waals surface area contributed by atoms with Crippen LogP contribution in [0.25, 0.3) is 0 Å². The number of hydrogen-bond acceptors (Lipinski definition) is 4. The van der Waals surface area contributed by atoms with Crippen LogP contribution in [-0.2, 0) is 26.2 Å². The number of amides is 2. The third-order valence-corrected chi connectivity index (χ3v) is 9.45. The number of nitrogens with one attached hydrogen (secondary N) is 1. The Kier molecular flexibility index (Phi) is 11.1. The summed E-state index contributed by atoms with van der Waals surface area (Å²) in [6, 6.07) is 15.2. The number of halogens is 3. The molecule has 0 aliphatic rings. The second kappa shape index (κ2) is 13.9. The highest BCUT2D eigenvalue weighted by molar-refractivity contribution is 7.92. The summed E-state index contributed by atoms with van der Waals surface area (Å²) >= 11 is 18.7. The maximum absolute atomic E-state index is 14.0. The van der Waals surface area contributed by atoms with Crippen molar-refractivity contribution in [2.45, 2.75) is 52.1 Å². The first kappa shape index (κ1) is 32.7. The molecule has 3 aromatic rings. The molecule has 7 nitrogen and oxygen atoms in total. The van der Waals surface area contributed by atoms with E-state index in [4.69, 9.17) is 34.8 Å². The van der Waals surface area contributed by atoms with Crippen molar-refractivity contribution in [1.29, 1.82) is 0 Å². The molecule has 2 amide bonds. The van der Waals surface area contributed by atoms with Crippen LogP contribution in [0.2, 0.25) is 15.1 Å². The number of rotatable bonds is 11. The van der Waals surface area contributed by atoms with Crippen molar-refractivity contribution >= 4 is 62.3 Å². The van der Waals surface area contributed by atoms with E-state index in [0.29, 0.717) is 27.2 Å². The van der Waals surface area contributed by atoms with Gasteiger partial charge in [-0.05, 0) is 74.2 Å². The molecule has 1 atom stereocenters. The van der Waals surface area contributed by atoms with Crippen molar-refractivity contribution in [3.63, 3.8) is 0 Å².